The molecule has 17 nitrogen and oxygen atoms in total. The van der Waals surface area contributed by atoms with E-state index in [0.717, 1.165) is 0 Å². The van der Waals surface area contributed by atoms with Crippen LogP contribution in [0.2, 0.25) is 0 Å². The molecule has 51 heavy (non-hydrogen) atoms. The van der Waals surface area contributed by atoms with Gasteiger partial charge in [-0.1, -0.05) is 6.58 Å². The summed E-state index contributed by atoms with van der Waals surface area (Å²) in [4.78, 5) is 79.6. The van der Waals surface area contributed by atoms with Crippen LogP contribution in [0, 0.1) is 26.2 Å². The van der Waals surface area contributed by atoms with Crippen LogP contribution in [-0.2, 0) is 4.79 Å². The average molecular weight is 782 g/mol. The zero-order valence-electron chi connectivity index (χ0n) is 27.4. The molecule has 0 atom stereocenters. The van der Waals surface area contributed by atoms with Crippen LogP contribution in [0.1, 0.15) is 65.2 Å². The van der Waals surface area contributed by atoms with Gasteiger partial charge in [0.05, 0.1) is 38.4 Å². The van der Waals surface area contributed by atoms with Gasteiger partial charge in [0, 0.05) is 53.9 Å². The lowest BCUT2D eigenvalue weighted by Crippen LogP contribution is -2.28. The van der Waals surface area contributed by atoms with Crippen LogP contribution in [0.3, 0.4) is 0 Å². The van der Waals surface area contributed by atoms with E-state index in [1.165, 1.54) is 18.6 Å². The van der Waals surface area contributed by atoms with E-state index in [-0.39, 0.29) is 58.6 Å². The average Bonchev–Trinajstić information content (AvgIpc) is 3.83. The summed E-state index contributed by atoms with van der Waals surface area (Å²) in [5.41, 5.74) is 9.99. The van der Waals surface area contributed by atoms with Crippen molar-refractivity contribution in [2.24, 2.45) is 5.73 Å². The van der Waals surface area contributed by atoms with E-state index >= 15 is 0 Å². The van der Waals surface area contributed by atoms with Crippen LogP contribution >= 0.6 is 28.3 Å². The molecule has 4 heterocycles. The molecule has 1 aromatic carbocycles. The van der Waals surface area contributed by atoms with E-state index in [2.05, 4.69) is 74.0 Å². The van der Waals surface area contributed by atoms with Gasteiger partial charge in [-0.15, -0.1) is 12.4 Å². The minimum atomic E-state index is -0.551. The molecule has 0 spiro atoms. The van der Waals surface area contributed by atoms with Gasteiger partial charge in [0.15, 0.2) is 5.82 Å². The van der Waals surface area contributed by atoms with E-state index in [1.54, 1.807) is 39.0 Å². The Morgan fingerprint density at radius 1 is 0.804 bits per heavy atom. The van der Waals surface area contributed by atoms with Crippen molar-refractivity contribution in [3.8, 4) is 0 Å². The normalized spacial score (nSPS) is 10.6. The Balaban J connectivity index is 0.00000583. The number of aromatic amines is 4. The van der Waals surface area contributed by atoms with Gasteiger partial charge in [0.2, 0.25) is 0 Å². The lowest BCUT2D eigenvalue weighted by atomic mass is 10.2. The Labute approximate surface area is 304 Å². The summed E-state index contributed by atoms with van der Waals surface area (Å²) in [6.07, 6.45) is 4.67. The lowest BCUT2D eigenvalue weighted by Gasteiger charge is -2.07. The molecule has 4 aromatic heterocycles. The first-order valence-electron chi connectivity index (χ1n) is 15.0. The number of rotatable bonds is 12. The Morgan fingerprint density at radius 2 is 1.29 bits per heavy atom. The third kappa shape index (κ3) is 8.36. The molecule has 0 saturated carbocycles. The summed E-state index contributed by atoms with van der Waals surface area (Å²) in [7, 11) is 0. The molecule has 12 N–H and O–H groups in total. The van der Waals surface area contributed by atoms with Gasteiger partial charge in [-0.3, -0.25) is 29.4 Å². The first-order valence-corrected chi connectivity index (χ1v) is 15.8. The number of amides is 5. The number of benzene rings is 1. The molecule has 0 aliphatic rings. The molecule has 0 radical (unpaired) electrons. The van der Waals surface area contributed by atoms with E-state index in [4.69, 9.17) is 11.1 Å². The fourth-order valence-electron chi connectivity index (χ4n) is 4.92. The third-order valence-corrected chi connectivity index (χ3v) is 8.09. The number of carbonyl (C=O) groups excluding carboxylic acids is 5. The second-order valence-electron chi connectivity index (χ2n) is 11.2. The molecule has 0 unspecified atom stereocenters. The van der Waals surface area contributed by atoms with Crippen molar-refractivity contribution in [1.29, 1.82) is 5.41 Å². The van der Waals surface area contributed by atoms with Crippen LogP contribution in [0.4, 0.5) is 22.7 Å². The maximum absolute atomic E-state index is 13.2. The molecule has 5 rings (SSSR count). The van der Waals surface area contributed by atoms with Gasteiger partial charge < -0.3 is 52.3 Å². The van der Waals surface area contributed by atoms with E-state index in [1.807, 2.05) is 0 Å². The highest BCUT2D eigenvalue weighted by molar-refractivity contribution is 9.12. The quantitative estimate of drug-likeness (QED) is 0.0488. The number of hydrogen-bond donors (Lipinski definition) is 11. The molecular weight excluding hydrogens is 748 g/mol. The Hall–Kier alpha value is -6.14. The Bertz CT molecular complexity index is 2210. The number of amidine groups is 1. The molecule has 266 valence electrons. The summed E-state index contributed by atoms with van der Waals surface area (Å²) < 4.78 is 0.164. The largest absolute Gasteiger partial charge is 0.388 e. The number of carbonyl (C=O) groups is 5. The van der Waals surface area contributed by atoms with Crippen molar-refractivity contribution in [2.45, 2.75) is 27.2 Å². The Kier molecular flexibility index (Phi) is 11.5. The zero-order valence-corrected chi connectivity index (χ0v) is 29.8. The first-order chi connectivity index (χ1) is 23.7. The molecule has 5 aromatic rings. The van der Waals surface area contributed by atoms with Gasteiger partial charge in [0.1, 0.15) is 17.1 Å². The fraction of sp³-hybridized carbons (Fsp3) is 0.156. The summed E-state index contributed by atoms with van der Waals surface area (Å²) in [5.74, 6) is -2.39. The van der Waals surface area contributed by atoms with Crippen molar-refractivity contribution in [3.63, 3.8) is 0 Å². The van der Waals surface area contributed by atoms with Crippen molar-refractivity contribution >= 4 is 97.5 Å². The van der Waals surface area contributed by atoms with Crippen molar-refractivity contribution in [2.75, 3.05) is 27.8 Å². The van der Waals surface area contributed by atoms with Crippen molar-refractivity contribution in [3.05, 3.63) is 87.4 Å². The highest BCUT2D eigenvalue weighted by Gasteiger charge is 2.22. The summed E-state index contributed by atoms with van der Waals surface area (Å²) in [5, 5.41) is 20.8. The Morgan fingerprint density at radius 3 is 1.78 bits per heavy atom. The monoisotopic (exact) mass is 780 g/mol. The predicted octanol–water partition coefficient (Wildman–Crippen LogP) is 4.55. The topological polar surface area (TPSA) is 271 Å². The minimum absolute atomic E-state index is 0. The highest BCUT2D eigenvalue weighted by atomic mass is 79.9. The third-order valence-electron chi connectivity index (χ3n) is 7.73. The molecule has 0 fully saturated rings. The second kappa shape index (κ2) is 15.6. The van der Waals surface area contributed by atoms with Gasteiger partial charge in [0.25, 0.3) is 29.5 Å². The number of anilines is 4. The summed E-state index contributed by atoms with van der Waals surface area (Å²) in [6, 6.07) is 4.94. The number of imidazole rings is 1. The molecule has 5 amide bonds. The molecule has 19 heteroatoms. The first kappa shape index (κ1) is 37.7. The molecule has 0 saturated heterocycles. The van der Waals surface area contributed by atoms with Gasteiger partial charge in [-0.25, -0.2) is 4.98 Å². The molecule has 0 aliphatic carbocycles. The number of nitrogens with one attached hydrogen (secondary N) is 10. The number of hydrogen-bond acceptors (Lipinski definition) is 7. The van der Waals surface area contributed by atoms with Crippen LogP contribution < -0.4 is 32.3 Å². The van der Waals surface area contributed by atoms with Crippen LogP contribution in [0.25, 0.3) is 11.0 Å². The number of nitrogens with two attached hydrogens (primary N) is 1. The summed E-state index contributed by atoms with van der Waals surface area (Å²) >= 11 is 3.03. The standard InChI is InChI=1S/C32H33BrN12O5.ClH/c1-13-20(10-37-24(13)29(47)36-8-7-23(34)35)43-30(48)25-14(2)21(11-38-25)44-31(49)26-15(3)22(12-39-26)45-32(50)27-41-18-6-5-17(9-19(18)42-27)40-28(46)16(4)33;/h5-6,9-12,37-39H,4,7-8H2,1-3H3,(H3,34,35)(H,36,47)(H,40,46)(H,41,42)(H,43,48)(H,44,49)(H,45,50);1H. The van der Waals surface area contributed by atoms with Crippen LogP contribution in [0.15, 0.2) is 47.9 Å². The molecule has 0 aliphatic heterocycles. The highest BCUT2D eigenvalue weighted by Crippen LogP contribution is 2.25. The van der Waals surface area contributed by atoms with E-state index in [9.17, 15) is 24.0 Å². The lowest BCUT2D eigenvalue weighted by molar-refractivity contribution is -0.112. The van der Waals surface area contributed by atoms with Gasteiger partial charge >= 0.3 is 0 Å². The predicted molar refractivity (Wildman–Crippen MR) is 199 cm³/mol. The number of H-pyrrole nitrogens is 4. The summed E-state index contributed by atoms with van der Waals surface area (Å²) in [6.45, 7) is 8.73. The number of halogens is 2. The number of aromatic nitrogens is 5. The molecule has 0 bridgehead atoms. The second-order valence-corrected chi connectivity index (χ2v) is 12.1. The maximum atomic E-state index is 13.2. The number of fused-ring (bicyclic) bond motifs is 1. The molecular formula is C32H34BrClN12O5. The SMILES string of the molecule is C=C(Br)C(=O)Nc1ccc2[nH]c(C(=O)Nc3c[nH]c(C(=O)Nc4c[nH]c(C(=O)Nc5c[nH]c(C(=O)NCCC(=N)N)c5C)c4C)c3C)nc2c1.Cl. The smallest absolute Gasteiger partial charge is 0.291 e. The maximum Gasteiger partial charge on any atom is 0.291 e. The van der Waals surface area contributed by atoms with Crippen LogP contribution in [0.5, 0.6) is 0 Å². The number of nitrogens with zero attached hydrogens (tertiary/aromatic N) is 1. The van der Waals surface area contributed by atoms with Crippen molar-refractivity contribution in [1.82, 2.24) is 30.2 Å². The van der Waals surface area contributed by atoms with Gasteiger partial charge in [-0.05, 0) is 54.9 Å². The van der Waals surface area contributed by atoms with Crippen molar-refractivity contribution < 1.29 is 24.0 Å². The minimum Gasteiger partial charge on any atom is -0.388 e. The van der Waals surface area contributed by atoms with Crippen LogP contribution in [-0.4, -0.2) is 66.8 Å². The zero-order chi connectivity index (χ0) is 36.3. The van der Waals surface area contributed by atoms with E-state index in [0.29, 0.717) is 50.5 Å². The van der Waals surface area contributed by atoms with E-state index < -0.39 is 29.5 Å². The fourth-order valence-corrected chi connectivity index (χ4v) is 5.02. The van der Waals surface area contributed by atoms with Gasteiger partial charge in [-0.2, -0.15) is 0 Å².